The lowest BCUT2D eigenvalue weighted by molar-refractivity contribution is -0.122. The zero-order chi connectivity index (χ0) is 13.7. The highest BCUT2D eigenvalue weighted by atomic mass is 79.9. The molecule has 0 bridgehead atoms. The minimum absolute atomic E-state index is 0.0139. The number of halogens is 1. The van der Waals surface area contributed by atoms with Crippen LogP contribution in [0.2, 0.25) is 0 Å². The zero-order valence-corrected chi connectivity index (χ0v) is 13.1. The molecule has 2 nitrogen and oxygen atoms in total. The Hall–Kier alpha value is -0.830. The van der Waals surface area contributed by atoms with Crippen LogP contribution in [0.3, 0.4) is 0 Å². The van der Waals surface area contributed by atoms with Crippen LogP contribution < -0.4 is 5.32 Å². The van der Waals surface area contributed by atoms with E-state index in [9.17, 15) is 4.79 Å². The Bertz CT molecular complexity index is 421. The van der Waals surface area contributed by atoms with Crippen LogP contribution in [0.1, 0.15) is 43.2 Å². The number of rotatable bonds is 4. The molecule has 0 heterocycles. The lowest BCUT2D eigenvalue weighted by Crippen LogP contribution is -2.51. The number of carbonyl (C=O) groups is 1. The Balaban J connectivity index is 1.94. The molecule has 0 aromatic heterocycles. The van der Waals surface area contributed by atoms with Gasteiger partial charge in [0, 0.05) is 10.9 Å². The van der Waals surface area contributed by atoms with Crippen LogP contribution in [0, 0.1) is 6.92 Å². The molecule has 0 saturated heterocycles. The lowest BCUT2D eigenvalue weighted by atomic mass is 9.83. The first-order valence-electron chi connectivity index (χ1n) is 7.06. The molecule has 1 amide bonds. The molecule has 0 unspecified atom stereocenters. The summed E-state index contributed by atoms with van der Waals surface area (Å²) >= 11 is 3.58. The first-order chi connectivity index (χ1) is 9.13. The van der Waals surface area contributed by atoms with E-state index < -0.39 is 0 Å². The summed E-state index contributed by atoms with van der Waals surface area (Å²) in [4.78, 5) is 12.2. The van der Waals surface area contributed by atoms with E-state index in [-0.39, 0.29) is 11.4 Å². The van der Waals surface area contributed by atoms with Crippen molar-refractivity contribution in [1.29, 1.82) is 0 Å². The van der Waals surface area contributed by atoms with E-state index in [4.69, 9.17) is 0 Å². The van der Waals surface area contributed by atoms with Crippen LogP contribution in [0.4, 0.5) is 0 Å². The van der Waals surface area contributed by atoms with E-state index in [1.165, 1.54) is 24.8 Å². The second-order valence-electron chi connectivity index (χ2n) is 5.69. The molecular weight excluding hydrogens is 302 g/mol. The number of alkyl halides is 1. The molecule has 1 N–H and O–H groups in total. The predicted molar refractivity (Wildman–Crippen MR) is 82.6 cm³/mol. The normalized spacial score (nSPS) is 18.0. The van der Waals surface area contributed by atoms with Crippen molar-refractivity contribution in [3.05, 3.63) is 35.4 Å². The lowest BCUT2D eigenvalue weighted by Gasteiger charge is -2.36. The van der Waals surface area contributed by atoms with Crippen LogP contribution in [0.5, 0.6) is 0 Å². The van der Waals surface area contributed by atoms with Crippen LogP contribution in [0.25, 0.3) is 0 Å². The van der Waals surface area contributed by atoms with Gasteiger partial charge in [0.25, 0.3) is 0 Å². The fourth-order valence-electron chi connectivity index (χ4n) is 2.75. The van der Waals surface area contributed by atoms with Gasteiger partial charge in [-0.1, -0.05) is 65.0 Å². The van der Waals surface area contributed by atoms with Crippen LogP contribution >= 0.6 is 15.9 Å². The Morgan fingerprint density at radius 1 is 1.21 bits per heavy atom. The Kier molecular flexibility index (Phi) is 5.03. The van der Waals surface area contributed by atoms with Crippen molar-refractivity contribution in [3.8, 4) is 0 Å². The fraction of sp³-hybridized carbons (Fsp3) is 0.562. The maximum Gasteiger partial charge on any atom is 0.224 e. The highest BCUT2D eigenvalue weighted by Gasteiger charge is 2.32. The van der Waals surface area contributed by atoms with E-state index in [1.807, 2.05) is 12.1 Å². The van der Waals surface area contributed by atoms with Crippen LogP contribution in [-0.2, 0) is 11.2 Å². The van der Waals surface area contributed by atoms with Gasteiger partial charge in [-0.05, 0) is 25.3 Å². The van der Waals surface area contributed by atoms with E-state index in [1.54, 1.807) is 0 Å². The first kappa shape index (κ1) is 14.6. The largest absolute Gasteiger partial charge is 0.350 e. The third-order valence-electron chi connectivity index (χ3n) is 3.96. The Labute approximate surface area is 124 Å². The average molecular weight is 324 g/mol. The van der Waals surface area contributed by atoms with E-state index in [2.05, 4.69) is 40.3 Å². The number of hydrogen-bond acceptors (Lipinski definition) is 1. The van der Waals surface area contributed by atoms with Crippen LogP contribution in [-0.4, -0.2) is 16.8 Å². The summed E-state index contributed by atoms with van der Waals surface area (Å²) in [6.07, 6.45) is 6.40. The molecular formula is C16H22BrNO. The van der Waals surface area contributed by atoms with Crippen molar-refractivity contribution in [2.45, 2.75) is 51.0 Å². The third-order valence-corrected chi connectivity index (χ3v) is 5.03. The number of aryl methyl sites for hydroxylation is 1. The molecule has 1 saturated carbocycles. The van der Waals surface area contributed by atoms with Gasteiger partial charge in [0.15, 0.2) is 0 Å². The van der Waals surface area contributed by atoms with Crippen molar-refractivity contribution < 1.29 is 4.79 Å². The van der Waals surface area contributed by atoms with Gasteiger partial charge >= 0.3 is 0 Å². The summed E-state index contributed by atoms with van der Waals surface area (Å²) in [7, 11) is 0. The minimum Gasteiger partial charge on any atom is -0.350 e. The van der Waals surface area contributed by atoms with Gasteiger partial charge in [-0.25, -0.2) is 0 Å². The smallest absolute Gasteiger partial charge is 0.224 e. The van der Waals surface area contributed by atoms with Crippen molar-refractivity contribution in [3.63, 3.8) is 0 Å². The molecule has 0 radical (unpaired) electrons. The summed E-state index contributed by atoms with van der Waals surface area (Å²) in [5.74, 6) is 0.144. The summed E-state index contributed by atoms with van der Waals surface area (Å²) in [5, 5.41) is 4.12. The standard InChI is InChI=1S/C16H22BrNO/c1-13-5-7-14(8-6-13)11-15(19)18-16(12-17)9-3-2-4-10-16/h5-8H,2-4,9-12H2,1H3,(H,18,19). The van der Waals surface area contributed by atoms with Gasteiger partial charge in [0.1, 0.15) is 0 Å². The first-order valence-corrected chi connectivity index (χ1v) is 8.18. The van der Waals surface area contributed by atoms with Gasteiger partial charge < -0.3 is 5.32 Å². The number of carbonyl (C=O) groups excluding carboxylic acids is 1. The Morgan fingerprint density at radius 3 is 2.42 bits per heavy atom. The summed E-state index contributed by atoms with van der Waals surface area (Å²) < 4.78 is 0. The third kappa shape index (κ3) is 4.07. The zero-order valence-electron chi connectivity index (χ0n) is 11.5. The predicted octanol–water partition coefficient (Wildman–Crippen LogP) is 3.75. The molecule has 19 heavy (non-hydrogen) atoms. The molecule has 1 aliphatic rings. The van der Waals surface area contributed by atoms with Gasteiger partial charge in [0.05, 0.1) is 6.42 Å². The molecule has 0 spiro atoms. The monoisotopic (exact) mass is 323 g/mol. The van der Waals surface area contributed by atoms with E-state index in [0.717, 1.165) is 23.7 Å². The summed E-state index contributed by atoms with van der Waals surface area (Å²) in [6.45, 7) is 2.06. The molecule has 0 aliphatic heterocycles. The molecule has 1 aromatic rings. The maximum atomic E-state index is 12.2. The number of nitrogens with one attached hydrogen (secondary N) is 1. The topological polar surface area (TPSA) is 29.1 Å². The summed E-state index contributed by atoms with van der Waals surface area (Å²) in [5.41, 5.74) is 2.30. The molecule has 1 aliphatic carbocycles. The molecule has 0 atom stereocenters. The average Bonchev–Trinajstić information content (AvgIpc) is 2.42. The number of hydrogen-bond donors (Lipinski definition) is 1. The quantitative estimate of drug-likeness (QED) is 0.840. The minimum atomic E-state index is -0.0139. The highest BCUT2D eigenvalue weighted by molar-refractivity contribution is 9.09. The SMILES string of the molecule is Cc1ccc(CC(=O)NC2(CBr)CCCCC2)cc1. The second kappa shape index (κ2) is 6.56. The molecule has 104 valence electrons. The van der Waals surface area contributed by atoms with Crippen molar-refractivity contribution >= 4 is 21.8 Å². The van der Waals surface area contributed by atoms with E-state index in [0.29, 0.717) is 6.42 Å². The van der Waals surface area contributed by atoms with E-state index >= 15 is 0 Å². The van der Waals surface area contributed by atoms with Crippen LogP contribution in [0.15, 0.2) is 24.3 Å². The molecule has 1 fully saturated rings. The van der Waals surface area contributed by atoms with Crippen molar-refractivity contribution in [2.24, 2.45) is 0 Å². The highest BCUT2D eigenvalue weighted by Crippen LogP contribution is 2.29. The molecule has 1 aromatic carbocycles. The van der Waals surface area contributed by atoms with Crippen molar-refractivity contribution in [2.75, 3.05) is 5.33 Å². The molecule has 3 heteroatoms. The van der Waals surface area contributed by atoms with Gasteiger partial charge in [-0.2, -0.15) is 0 Å². The Morgan fingerprint density at radius 2 is 1.84 bits per heavy atom. The van der Waals surface area contributed by atoms with Gasteiger partial charge in [0.2, 0.25) is 5.91 Å². The van der Waals surface area contributed by atoms with Gasteiger partial charge in [-0.3, -0.25) is 4.79 Å². The van der Waals surface area contributed by atoms with Gasteiger partial charge in [-0.15, -0.1) is 0 Å². The maximum absolute atomic E-state index is 12.2. The molecule has 2 rings (SSSR count). The summed E-state index contributed by atoms with van der Waals surface area (Å²) in [6, 6.07) is 8.19. The number of amides is 1. The second-order valence-corrected chi connectivity index (χ2v) is 6.25. The number of benzene rings is 1. The fourth-order valence-corrected chi connectivity index (χ4v) is 3.45. The van der Waals surface area contributed by atoms with Crippen molar-refractivity contribution in [1.82, 2.24) is 5.32 Å².